The molecule has 2 unspecified atom stereocenters. The molecule has 3 heterocycles. The monoisotopic (exact) mass is 587 g/mol. The van der Waals surface area contributed by atoms with Gasteiger partial charge in [0.2, 0.25) is 17.7 Å². The van der Waals surface area contributed by atoms with Crippen molar-refractivity contribution in [1.29, 1.82) is 0 Å². The van der Waals surface area contributed by atoms with E-state index >= 15 is 0 Å². The number of nitrogens with zero attached hydrogens (tertiary/aromatic N) is 1. The Morgan fingerprint density at radius 1 is 1.02 bits per heavy atom. The summed E-state index contributed by atoms with van der Waals surface area (Å²) in [7, 11) is 0. The van der Waals surface area contributed by atoms with E-state index in [1.54, 1.807) is 40.9 Å². The summed E-state index contributed by atoms with van der Waals surface area (Å²) in [5, 5.41) is 18.5. The molecule has 8 nitrogen and oxygen atoms in total. The van der Waals surface area contributed by atoms with Crippen molar-refractivity contribution in [3.8, 4) is 5.75 Å². The highest BCUT2D eigenvalue weighted by atomic mass is 32.2. The van der Waals surface area contributed by atoms with Gasteiger partial charge < -0.3 is 25.4 Å². The Hall–Kier alpha value is -3.56. The van der Waals surface area contributed by atoms with E-state index in [9.17, 15) is 19.5 Å². The van der Waals surface area contributed by atoms with Crippen LogP contribution in [-0.4, -0.2) is 63.0 Å². The van der Waals surface area contributed by atoms with Gasteiger partial charge in [-0.3, -0.25) is 14.4 Å². The summed E-state index contributed by atoms with van der Waals surface area (Å²) >= 11 is 1.62. The van der Waals surface area contributed by atoms with Crippen molar-refractivity contribution in [1.82, 2.24) is 4.90 Å². The van der Waals surface area contributed by atoms with Crippen molar-refractivity contribution >= 4 is 51.6 Å². The number of fused-ring (bicyclic) bond motifs is 2. The van der Waals surface area contributed by atoms with Crippen LogP contribution in [0, 0.1) is 17.8 Å². The van der Waals surface area contributed by atoms with Crippen molar-refractivity contribution in [2.24, 2.45) is 17.8 Å². The summed E-state index contributed by atoms with van der Waals surface area (Å²) in [5.41, 5.74) is 1.28. The lowest BCUT2D eigenvalue weighted by Gasteiger charge is -2.38. The number of carbonyl (C=O) groups is 3. The Morgan fingerprint density at radius 3 is 2.40 bits per heavy atom. The molecule has 3 N–H and O–H groups in total. The van der Waals surface area contributed by atoms with Crippen molar-refractivity contribution in [3.05, 3.63) is 66.7 Å². The molecule has 2 bridgehead atoms. The van der Waals surface area contributed by atoms with E-state index in [0.717, 1.165) is 22.9 Å². The van der Waals surface area contributed by atoms with Crippen LogP contribution in [0.5, 0.6) is 5.75 Å². The molecule has 6 rings (SSSR count). The molecule has 3 saturated heterocycles. The highest BCUT2D eigenvalue weighted by Crippen LogP contribution is 2.67. The fourth-order valence-electron chi connectivity index (χ4n) is 7.17. The number of amides is 3. The van der Waals surface area contributed by atoms with Crippen LogP contribution in [0.25, 0.3) is 10.8 Å². The summed E-state index contributed by atoms with van der Waals surface area (Å²) in [6.45, 7) is 6.09. The lowest BCUT2D eigenvalue weighted by atomic mass is 9.70. The van der Waals surface area contributed by atoms with Gasteiger partial charge in [-0.15, -0.1) is 11.8 Å². The van der Waals surface area contributed by atoms with Gasteiger partial charge >= 0.3 is 0 Å². The third-order valence-corrected chi connectivity index (χ3v) is 11.0. The largest absolute Gasteiger partial charge is 0.494 e. The van der Waals surface area contributed by atoms with Gasteiger partial charge in [0, 0.05) is 16.6 Å². The van der Waals surface area contributed by atoms with E-state index in [4.69, 9.17) is 4.74 Å². The molecule has 0 aliphatic carbocycles. The second kappa shape index (κ2) is 11.3. The number of carbonyl (C=O) groups excluding carboxylic acids is 3. The standard InChI is InChI=1S/C33H37N3O5S/c1-4-41-24-13-11-22(12-14-24)34-30(38)27-26-15-16-33(42-26)28(27)32(40)36(25(18-37)19(2)3)29(33)31(39)35-23-10-9-20-7-5-6-8-21(20)17-23/h5-14,17,19,25-29,37H,4,15-16,18H2,1-3H3,(H,34,38)(H,35,39)/t25-,26+,27-,28-,29?,33?/m0/s1. The van der Waals surface area contributed by atoms with E-state index in [0.29, 0.717) is 24.4 Å². The minimum Gasteiger partial charge on any atom is -0.494 e. The first-order valence-electron chi connectivity index (χ1n) is 14.7. The predicted molar refractivity (Wildman–Crippen MR) is 165 cm³/mol. The number of aliphatic hydroxyl groups is 1. The number of benzene rings is 3. The molecule has 9 heteroatoms. The molecule has 1 spiro atoms. The van der Waals surface area contributed by atoms with Crippen LogP contribution in [0.1, 0.15) is 33.6 Å². The Kier molecular flexibility index (Phi) is 7.66. The van der Waals surface area contributed by atoms with Crippen molar-refractivity contribution in [2.45, 2.75) is 55.7 Å². The van der Waals surface area contributed by atoms with E-state index < -0.39 is 28.7 Å². The van der Waals surface area contributed by atoms with Crippen molar-refractivity contribution < 1.29 is 24.2 Å². The van der Waals surface area contributed by atoms with E-state index in [-0.39, 0.29) is 35.5 Å². The zero-order chi connectivity index (χ0) is 29.6. The molecular formula is C33H37N3O5S. The molecule has 0 aromatic heterocycles. The molecule has 3 aromatic carbocycles. The van der Waals surface area contributed by atoms with Crippen LogP contribution in [0.4, 0.5) is 11.4 Å². The van der Waals surface area contributed by atoms with Gasteiger partial charge in [0.15, 0.2) is 0 Å². The number of hydrogen-bond donors (Lipinski definition) is 3. The first-order chi connectivity index (χ1) is 20.3. The number of nitrogens with one attached hydrogen (secondary N) is 2. The molecule has 3 aromatic rings. The number of rotatable bonds is 9. The Labute approximate surface area is 250 Å². The van der Waals surface area contributed by atoms with Crippen LogP contribution in [0.3, 0.4) is 0 Å². The molecule has 3 fully saturated rings. The maximum atomic E-state index is 14.3. The molecule has 3 aliphatic heterocycles. The first-order valence-corrected chi connectivity index (χ1v) is 15.6. The Balaban J connectivity index is 1.32. The molecule has 3 aliphatic rings. The van der Waals surface area contributed by atoms with E-state index in [1.165, 1.54) is 0 Å². The smallest absolute Gasteiger partial charge is 0.248 e. The van der Waals surface area contributed by atoms with Crippen LogP contribution >= 0.6 is 11.8 Å². The van der Waals surface area contributed by atoms with Gasteiger partial charge in [-0.05, 0) is 72.9 Å². The van der Waals surface area contributed by atoms with Gasteiger partial charge in [0.1, 0.15) is 11.8 Å². The molecule has 0 radical (unpaired) electrons. The van der Waals surface area contributed by atoms with Crippen LogP contribution in [-0.2, 0) is 14.4 Å². The highest BCUT2D eigenvalue weighted by Gasteiger charge is 2.74. The topological polar surface area (TPSA) is 108 Å². The van der Waals surface area contributed by atoms with Gasteiger partial charge in [-0.2, -0.15) is 0 Å². The van der Waals surface area contributed by atoms with Crippen LogP contribution in [0.2, 0.25) is 0 Å². The average molecular weight is 588 g/mol. The predicted octanol–water partition coefficient (Wildman–Crippen LogP) is 4.92. The maximum absolute atomic E-state index is 14.3. The molecule has 0 saturated carbocycles. The summed E-state index contributed by atoms with van der Waals surface area (Å²) in [5.74, 6) is -1.29. The first kappa shape index (κ1) is 28.6. The highest BCUT2D eigenvalue weighted by molar-refractivity contribution is 8.02. The third-order valence-electron chi connectivity index (χ3n) is 9.05. The van der Waals surface area contributed by atoms with Gasteiger partial charge in [-0.25, -0.2) is 0 Å². The fourth-order valence-corrected chi connectivity index (χ4v) is 9.38. The van der Waals surface area contributed by atoms with Crippen molar-refractivity contribution in [2.75, 3.05) is 23.8 Å². The summed E-state index contributed by atoms with van der Waals surface area (Å²) in [6, 6.07) is 19.6. The fraction of sp³-hybridized carbons (Fsp3) is 0.424. The van der Waals surface area contributed by atoms with Crippen LogP contribution < -0.4 is 15.4 Å². The quantitative estimate of drug-likeness (QED) is 0.328. The number of likely N-dealkylation sites (tertiary alicyclic amines) is 1. The van der Waals surface area contributed by atoms with E-state index in [2.05, 4.69) is 10.6 Å². The third kappa shape index (κ3) is 4.72. The molecule has 42 heavy (non-hydrogen) atoms. The normalized spacial score (nSPS) is 26.9. The zero-order valence-corrected chi connectivity index (χ0v) is 24.9. The Morgan fingerprint density at radius 2 is 1.71 bits per heavy atom. The summed E-state index contributed by atoms with van der Waals surface area (Å²) in [4.78, 5) is 43.9. The average Bonchev–Trinajstić information content (AvgIpc) is 3.62. The number of anilines is 2. The van der Waals surface area contributed by atoms with Gasteiger partial charge in [0.25, 0.3) is 0 Å². The molecule has 220 valence electrons. The zero-order valence-electron chi connectivity index (χ0n) is 24.1. The second-order valence-corrected chi connectivity index (χ2v) is 13.4. The number of thioether (sulfide) groups is 1. The summed E-state index contributed by atoms with van der Waals surface area (Å²) < 4.78 is 4.77. The number of aliphatic hydroxyl groups excluding tert-OH is 1. The lowest BCUT2D eigenvalue weighted by molar-refractivity contribution is -0.142. The minimum atomic E-state index is -0.806. The molecule has 6 atom stereocenters. The number of hydrogen-bond acceptors (Lipinski definition) is 6. The molecule has 3 amide bonds. The minimum absolute atomic E-state index is 0.0635. The number of ether oxygens (including phenoxy) is 1. The van der Waals surface area contributed by atoms with E-state index in [1.807, 2.05) is 63.2 Å². The van der Waals surface area contributed by atoms with Gasteiger partial charge in [-0.1, -0.05) is 44.2 Å². The van der Waals surface area contributed by atoms with Crippen molar-refractivity contribution in [3.63, 3.8) is 0 Å². The van der Waals surface area contributed by atoms with Gasteiger partial charge in [0.05, 0.1) is 35.8 Å². The van der Waals surface area contributed by atoms with Crippen LogP contribution in [0.15, 0.2) is 66.7 Å². The SMILES string of the molecule is CCOc1ccc(NC(=O)[C@@H]2[C@H]3C(=O)N([C@@H](CO)C(C)C)C(C(=O)Nc4ccc5ccccc5c4)C34CC[C@H]2S4)cc1. The Bertz CT molecular complexity index is 1510. The lowest BCUT2D eigenvalue weighted by Crippen LogP contribution is -2.56. The second-order valence-electron chi connectivity index (χ2n) is 11.8. The maximum Gasteiger partial charge on any atom is 0.248 e. The molecular weight excluding hydrogens is 550 g/mol. The summed E-state index contributed by atoms with van der Waals surface area (Å²) in [6.07, 6.45) is 1.41.